The molecule has 6 heteroatoms. The molecule has 4 rings (SSSR count). The van der Waals surface area contributed by atoms with Gasteiger partial charge < -0.3 is 14.2 Å². The van der Waals surface area contributed by atoms with E-state index >= 15 is 0 Å². The average Bonchev–Trinajstić information content (AvgIpc) is 3.09. The van der Waals surface area contributed by atoms with Gasteiger partial charge >= 0.3 is 0 Å². The van der Waals surface area contributed by atoms with Crippen LogP contribution < -0.4 is 14.2 Å². The van der Waals surface area contributed by atoms with E-state index < -0.39 is 0 Å². The second kappa shape index (κ2) is 9.29. The normalized spacial score (nSPS) is 14.0. The lowest BCUT2D eigenvalue weighted by Crippen LogP contribution is -1.97. The van der Waals surface area contributed by atoms with Gasteiger partial charge in [0, 0.05) is 11.6 Å². The summed E-state index contributed by atoms with van der Waals surface area (Å²) in [5.41, 5.74) is 2.29. The van der Waals surface area contributed by atoms with Gasteiger partial charge in [-0.15, -0.1) is 0 Å². The number of para-hydroxylation sites is 1. The highest BCUT2D eigenvalue weighted by Crippen LogP contribution is 2.34. The zero-order valence-electron chi connectivity index (χ0n) is 16.6. The number of hydrogen-bond donors (Lipinski definition) is 0. The minimum atomic E-state index is -0.171. The first kappa shape index (κ1) is 21.0. The molecule has 1 aliphatic rings. The molecule has 31 heavy (non-hydrogen) atoms. The topological polar surface area (TPSA) is 44.8 Å². The van der Waals surface area contributed by atoms with Crippen LogP contribution in [0.25, 0.3) is 6.08 Å². The molecule has 0 unspecified atom stereocenters. The number of rotatable bonds is 6. The third-order valence-electron chi connectivity index (χ3n) is 4.69. The summed E-state index contributed by atoms with van der Waals surface area (Å²) >= 11 is 12.0. The summed E-state index contributed by atoms with van der Waals surface area (Å²) in [5.74, 6) is 1.89. The second-order valence-electron chi connectivity index (χ2n) is 6.76. The quantitative estimate of drug-likeness (QED) is 0.387. The van der Waals surface area contributed by atoms with E-state index in [4.69, 9.17) is 37.4 Å². The Labute approximate surface area is 190 Å². The zero-order valence-corrected chi connectivity index (χ0v) is 18.1. The lowest BCUT2D eigenvalue weighted by atomic mass is 10.1. The summed E-state index contributed by atoms with van der Waals surface area (Å²) in [4.78, 5) is 12.6. The first-order valence-corrected chi connectivity index (χ1v) is 10.3. The number of allylic oxidation sites excluding steroid dienone is 3. The lowest BCUT2D eigenvalue weighted by molar-refractivity contribution is 0.101. The number of benzene rings is 3. The summed E-state index contributed by atoms with van der Waals surface area (Å²) in [6, 6.07) is 18.1. The summed E-state index contributed by atoms with van der Waals surface area (Å²) < 4.78 is 16.9. The van der Waals surface area contributed by atoms with Crippen molar-refractivity contribution in [1.29, 1.82) is 0 Å². The molecule has 0 bridgehead atoms. The van der Waals surface area contributed by atoms with Crippen molar-refractivity contribution >= 4 is 35.1 Å². The van der Waals surface area contributed by atoms with Crippen molar-refractivity contribution in [3.8, 4) is 17.2 Å². The highest BCUT2D eigenvalue weighted by molar-refractivity contribution is 6.42. The van der Waals surface area contributed by atoms with Gasteiger partial charge in [0.2, 0.25) is 5.78 Å². The summed E-state index contributed by atoms with van der Waals surface area (Å²) in [5, 5.41) is 0.968. The molecule has 3 aromatic rings. The predicted octanol–water partition coefficient (Wildman–Crippen LogP) is 6.75. The van der Waals surface area contributed by atoms with Crippen LogP contribution in [0.5, 0.6) is 17.2 Å². The van der Waals surface area contributed by atoms with E-state index in [9.17, 15) is 4.79 Å². The lowest BCUT2D eigenvalue weighted by Gasteiger charge is -2.08. The van der Waals surface area contributed by atoms with E-state index in [0.717, 1.165) is 16.9 Å². The first-order chi connectivity index (χ1) is 15.0. The molecule has 1 aliphatic heterocycles. The smallest absolute Gasteiger partial charge is 0.231 e. The average molecular weight is 453 g/mol. The van der Waals surface area contributed by atoms with E-state index in [1.165, 1.54) is 0 Å². The van der Waals surface area contributed by atoms with E-state index in [1.807, 2.05) is 36.4 Å². The van der Waals surface area contributed by atoms with Crippen LogP contribution in [-0.4, -0.2) is 12.9 Å². The van der Waals surface area contributed by atoms with Crippen LogP contribution in [0.1, 0.15) is 21.5 Å². The minimum Gasteiger partial charge on any atom is -0.496 e. The molecule has 3 aromatic carbocycles. The Morgan fingerprint density at radius 2 is 1.84 bits per heavy atom. The highest BCUT2D eigenvalue weighted by Gasteiger charge is 2.27. The van der Waals surface area contributed by atoms with Crippen LogP contribution in [0, 0.1) is 0 Å². The number of halogens is 2. The van der Waals surface area contributed by atoms with Gasteiger partial charge in [0.05, 0.1) is 22.7 Å². The molecule has 0 N–H and O–H groups in total. The maximum Gasteiger partial charge on any atom is 0.231 e. The van der Waals surface area contributed by atoms with Crippen molar-refractivity contribution in [3.05, 3.63) is 105 Å². The van der Waals surface area contributed by atoms with E-state index in [-0.39, 0.29) is 11.5 Å². The molecule has 0 fully saturated rings. The van der Waals surface area contributed by atoms with Crippen LogP contribution in [0.15, 0.2) is 78.6 Å². The Hall–Kier alpha value is -3.21. The Kier molecular flexibility index (Phi) is 6.31. The van der Waals surface area contributed by atoms with Crippen molar-refractivity contribution in [3.63, 3.8) is 0 Å². The SMILES string of the molecule is COc1ccccc1/C=C/C=C1\Oc2cc(OCc3ccc(Cl)c(Cl)c3)ccc2C1=O. The van der Waals surface area contributed by atoms with Gasteiger partial charge in [-0.1, -0.05) is 59.6 Å². The predicted molar refractivity (Wildman–Crippen MR) is 122 cm³/mol. The van der Waals surface area contributed by atoms with Gasteiger partial charge in [-0.3, -0.25) is 4.79 Å². The number of methoxy groups -OCH3 is 1. The summed E-state index contributed by atoms with van der Waals surface area (Å²) in [6.45, 7) is 0.313. The molecule has 156 valence electrons. The Balaban J connectivity index is 1.45. The zero-order chi connectivity index (χ0) is 21.8. The van der Waals surface area contributed by atoms with Crippen LogP contribution in [0.4, 0.5) is 0 Å². The molecule has 1 heterocycles. The molecule has 0 aromatic heterocycles. The van der Waals surface area contributed by atoms with Gasteiger partial charge in [-0.05, 0) is 42.0 Å². The monoisotopic (exact) mass is 452 g/mol. The van der Waals surface area contributed by atoms with Crippen LogP contribution in [-0.2, 0) is 6.61 Å². The van der Waals surface area contributed by atoms with Crippen molar-refractivity contribution in [2.24, 2.45) is 0 Å². The van der Waals surface area contributed by atoms with Gasteiger partial charge in [0.1, 0.15) is 23.9 Å². The van der Waals surface area contributed by atoms with Gasteiger partial charge in [0.15, 0.2) is 5.76 Å². The molecule has 0 saturated carbocycles. The molecule has 0 aliphatic carbocycles. The maximum absolute atomic E-state index is 12.6. The third kappa shape index (κ3) is 4.76. The number of ketones is 1. The van der Waals surface area contributed by atoms with Gasteiger partial charge in [-0.2, -0.15) is 0 Å². The highest BCUT2D eigenvalue weighted by atomic mass is 35.5. The van der Waals surface area contributed by atoms with Crippen LogP contribution in [0.2, 0.25) is 10.0 Å². The molecule has 0 atom stereocenters. The largest absolute Gasteiger partial charge is 0.496 e. The number of fused-ring (bicyclic) bond motifs is 1. The molecule has 4 nitrogen and oxygen atoms in total. The molecular formula is C25H18Cl2O4. The molecule has 0 amide bonds. The van der Waals surface area contributed by atoms with Crippen molar-refractivity contribution in [2.45, 2.75) is 6.61 Å². The number of carbonyl (C=O) groups excluding carboxylic acids is 1. The fourth-order valence-corrected chi connectivity index (χ4v) is 3.43. The first-order valence-electron chi connectivity index (χ1n) is 9.50. The fraction of sp³-hybridized carbons (Fsp3) is 0.0800. The standard InChI is InChI=1S/C25H18Cl2O4/c1-29-22-7-3-2-5-17(22)6-4-8-23-25(28)19-11-10-18(14-24(19)31-23)30-15-16-9-12-20(26)21(27)13-16/h2-14H,15H2,1H3/b6-4+,23-8-. The second-order valence-corrected chi connectivity index (χ2v) is 7.57. The van der Waals surface area contributed by atoms with E-state index in [2.05, 4.69) is 0 Å². The van der Waals surface area contributed by atoms with Crippen molar-refractivity contribution in [1.82, 2.24) is 0 Å². The molecule has 0 spiro atoms. The molecular weight excluding hydrogens is 435 g/mol. The van der Waals surface area contributed by atoms with Crippen LogP contribution in [0.3, 0.4) is 0 Å². The number of Topliss-reactive ketones (excluding diaryl/α,β-unsaturated/α-hetero) is 1. The van der Waals surface area contributed by atoms with Crippen molar-refractivity contribution in [2.75, 3.05) is 7.11 Å². The Morgan fingerprint density at radius 3 is 2.65 bits per heavy atom. The summed E-state index contributed by atoms with van der Waals surface area (Å²) in [6.07, 6.45) is 5.26. The van der Waals surface area contributed by atoms with Gasteiger partial charge in [0.25, 0.3) is 0 Å². The summed E-state index contributed by atoms with van der Waals surface area (Å²) in [7, 11) is 1.62. The maximum atomic E-state index is 12.6. The Morgan fingerprint density at radius 1 is 1.00 bits per heavy atom. The Bertz CT molecular complexity index is 1200. The fourth-order valence-electron chi connectivity index (χ4n) is 3.11. The third-order valence-corrected chi connectivity index (χ3v) is 5.43. The number of hydrogen-bond acceptors (Lipinski definition) is 4. The number of ether oxygens (including phenoxy) is 3. The van der Waals surface area contributed by atoms with E-state index in [0.29, 0.717) is 33.7 Å². The minimum absolute atomic E-state index is 0.171. The van der Waals surface area contributed by atoms with Gasteiger partial charge in [-0.25, -0.2) is 0 Å². The molecule has 0 radical (unpaired) electrons. The van der Waals surface area contributed by atoms with E-state index in [1.54, 1.807) is 49.6 Å². The number of carbonyl (C=O) groups is 1. The van der Waals surface area contributed by atoms with Crippen molar-refractivity contribution < 1.29 is 19.0 Å². The van der Waals surface area contributed by atoms with Crippen LogP contribution >= 0.6 is 23.2 Å². The molecule has 0 saturated heterocycles.